The highest BCUT2D eigenvalue weighted by atomic mass is 16.5. The number of nitrogens with one attached hydrogen (secondary N) is 2. The molecule has 0 aromatic heterocycles. The normalized spacial score (nSPS) is 18.7. The van der Waals surface area contributed by atoms with Gasteiger partial charge in [-0.25, -0.2) is 0 Å². The molecule has 28 heavy (non-hydrogen) atoms. The van der Waals surface area contributed by atoms with E-state index >= 15 is 0 Å². The van der Waals surface area contributed by atoms with Crippen LogP contribution < -0.4 is 20.1 Å². The molecule has 2 atom stereocenters. The third kappa shape index (κ3) is 6.44. The van der Waals surface area contributed by atoms with E-state index in [1.807, 2.05) is 0 Å². The molecule has 8 nitrogen and oxygen atoms in total. The van der Waals surface area contributed by atoms with Crippen molar-refractivity contribution in [1.29, 1.82) is 0 Å². The summed E-state index contributed by atoms with van der Waals surface area (Å²) in [6.45, 7) is 1.41. The van der Waals surface area contributed by atoms with Crippen LogP contribution in [0.2, 0.25) is 0 Å². The first kappa shape index (κ1) is 21.5. The number of rotatable bonds is 8. The molecule has 1 aliphatic rings. The lowest BCUT2D eigenvalue weighted by molar-refractivity contribution is -0.147. The minimum absolute atomic E-state index is 0.127. The Labute approximate surface area is 164 Å². The zero-order valence-electron chi connectivity index (χ0n) is 16.6. The summed E-state index contributed by atoms with van der Waals surface area (Å²) in [7, 11) is 2.96. The number of hydrogen-bond donors (Lipinski definition) is 2. The third-order valence-corrected chi connectivity index (χ3v) is 4.83. The number of ether oxygens (including phenoxy) is 3. The van der Waals surface area contributed by atoms with E-state index < -0.39 is 11.9 Å². The van der Waals surface area contributed by atoms with E-state index in [1.54, 1.807) is 6.07 Å². The molecule has 2 rings (SSSR count). The lowest BCUT2D eigenvalue weighted by Crippen LogP contribution is -2.43. The van der Waals surface area contributed by atoms with Gasteiger partial charge in [-0.3, -0.25) is 14.4 Å². The van der Waals surface area contributed by atoms with Crippen LogP contribution in [0.5, 0.6) is 11.5 Å². The lowest BCUT2D eigenvalue weighted by Gasteiger charge is -2.29. The monoisotopic (exact) mass is 392 g/mol. The van der Waals surface area contributed by atoms with Crippen molar-refractivity contribution in [1.82, 2.24) is 10.6 Å². The first-order chi connectivity index (χ1) is 13.4. The molecule has 1 aromatic rings. The fourth-order valence-electron chi connectivity index (χ4n) is 3.17. The molecule has 8 heteroatoms. The minimum Gasteiger partial charge on any atom is -0.497 e. The van der Waals surface area contributed by atoms with Gasteiger partial charge in [0.2, 0.25) is 0 Å². The SMILES string of the molecule is COc1cc(OC)cc(C(=O)NCC(=O)OCC(=O)N[C@@H]2CCCC[C@H]2C)c1. The first-order valence-electron chi connectivity index (χ1n) is 9.39. The molecule has 0 bridgehead atoms. The van der Waals surface area contributed by atoms with Crippen molar-refractivity contribution in [2.24, 2.45) is 5.92 Å². The molecule has 1 aromatic carbocycles. The van der Waals surface area contributed by atoms with Gasteiger partial charge in [-0.15, -0.1) is 0 Å². The number of hydrogen-bond acceptors (Lipinski definition) is 6. The van der Waals surface area contributed by atoms with E-state index in [-0.39, 0.29) is 30.7 Å². The minimum atomic E-state index is -0.685. The van der Waals surface area contributed by atoms with E-state index in [9.17, 15) is 14.4 Å². The van der Waals surface area contributed by atoms with Gasteiger partial charge in [-0.1, -0.05) is 19.8 Å². The summed E-state index contributed by atoms with van der Waals surface area (Å²) in [5.74, 6) is -0.144. The third-order valence-electron chi connectivity index (χ3n) is 4.83. The molecule has 0 aliphatic heterocycles. The number of amides is 2. The maximum atomic E-state index is 12.2. The molecule has 0 radical (unpaired) electrons. The Bertz CT molecular complexity index is 684. The molecule has 1 fully saturated rings. The van der Waals surface area contributed by atoms with Gasteiger partial charge in [0.05, 0.1) is 14.2 Å². The molecule has 154 valence electrons. The quantitative estimate of drug-likeness (QED) is 0.653. The largest absolute Gasteiger partial charge is 0.497 e. The summed E-state index contributed by atoms with van der Waals surface area (Å²) < 4.78 is 15.2. The Morgan fingerprint density at radius 2 is 1.68 bits per heavy atom. The van der Waals surface area contributed by atoms with Crippen LogP contribution in [0.4, 0.5) is 0 Å². The Morgan fingerprint density at radius 1 is 1.04 bits per heavy atom. The maximum Gasteiger partial charge on any atom is 0.325 e. The smallest absolute Gasteiger partial charge is 0.325 e. The van der Waals surface area contributed by atoms with Gasteiger partial charge in [-0.2, -0.15) is 0 Å². The highest BCUT2D eigenvalue weighted by Gasteiger charge is 2.23. The van der Waals surface area contributed by atoms with E-state index in [4.69, 9.17) is 14.2 Å². The summed E-state index contributed by atoms with van der Waals surface area (Å²) in [6.07, 6.45) is 4.31. The van der Waals surface area contributed by atoms with Gasteiger partial charge >= 0.3 is 5.97 Å². The zero-order chi connectivity index (χ0) is 20.5. The summed E-state index contributed by atoms with van der Waals surface area (Å²) in [6, 6.07) is 4.82. The molecule has 1 aliphatic carbocycles. The molecule has 0 heterocycles. The van der Waals surface area contributed by atoms with Gasteiger partial charge in [-0.05, 0) is 30.9 Å². The number of esters is 1. The molecular formula is C20H28N2O6. The van der Waals surface area contributed by atoms with Gasteiger partial charge in [0.1, 0.15) is 18.0 Å². The zero-order valence-corrected chi connectivity index (χ0v) is 16.6. The predicted octanol–water partition coefficient (Wildman–Crippen LogP) is 1.67. The van der Waals surface area contributed by atoms with E-state index in [0.29, 0.717) is 17.4 Å². The van der Waals surface area contributed by atoms with Crippen LogP contribution >= 0.6 is 0 Å². The maximum absolute atomic E-state index is 12.2. The second kappa shape index (κ2) is 10.5. The summed E-state index contributed by atoms with van der Waals surface area (Å²) in [4.78, 5) is 36.0. The molecule has 2 N–H and O–H groups in total. The van der Waals surface area contributed by atoms with E-state index in [2.05, 4.69) is 17.6 Å². The molecule has 1 saturated carbocycles. The topological polar surface area (TPSA) is 103 Å². The number of methoxy groups -OCH3 is 2. The van der Waals surface area contributed by atoms with Gasteiger partial charge in [0.25, 0.3) is 11.8 Å². The number of benzene rings is 1. The Balaban J connectivity index is 1.76. The van der Waals surface area contributed by atoms with Crippen molar-refractivity contribution in [3.63, 3.8) is 0 Å². The van der Waals surface area contributed by atoms with Crippen molar-refractivity contribution in [3.05, 3.63) is 23.8 Å². The Kier molecular flexibility index (Phi) is 8.10. The molecule has 0 spiro atoms. The molecule has 0 unspecified atom stereocenters. The second-order valence-electron chi connectivity index (χ2n) is 6.88. The Hall–Kier alpha value is -2.77. The van der Waals surface area contributed by atoms with Crippen molar-refractivity contribution in [2.75, 3.05) is 27.4 Å². The fourth-order valence-corrected chi connectivity index (χ4v) is 3.17. The van der Waals surface area contributed by atoms with Crippen LogP contribution in [0.15, 0.2) is 18.2 Å². The van der Waals surface area contributed by atoms with Crippen LogP contribution in [-0.4, -0.2) is 51.2 Å². The van der Waals surface area contributed by atoms with Crippen molar-refractivity contribution in [2.45, 2.75) is 38.6 Å². The number of carbonyl (C=O) groups excluding carboxylic acids is 3. The standard InChI is InChI=1S/C20H28N2O6/c1-13-6-4-5-7-17(13)22-18(23)12-28-19(24)11-21-20(25)14-8-15(26-2)10-16(9-14)27-3/h8-10,13,17H,4-7,11-12H2,1-3H3,(H,21,25)(H,22,23)/t13-,17-/m1/s1. The van der Waals surface area contributed by atoms with Crippen molar-refractivity contribution < 1.29 is 28.6 Å². The summed E-state index contributed by atoms with van der Waals surface area (Å²) in [5, 5.41) is 5.37. The van der Waals surface area contributed by atoms with Crippen LogP contribution in [0.1, 0.15) is 43.0 Å². The Morgan fingerprint density at radius 3 is 2.29 bits per heavy atom. The van der Waals surface area contributed by atoms with Crippen LogP contribution in [0.25, 0.3) is 0 Å². The van der Waals surface area contributed by atoms with Crippen LogP contribution in [0, 0.1) is 5.92 Å². The molecule has 0 saturated heterocycles. The summed E-state index contributed by atoms with van der Waals surface area (Å²) >= 11 is 0. The van der Waals surface area contributed by atoms with Crippen molar-refractivity contribution >= 4 is 17.8 Å². The predicted molar refractivity (Wildman–Crippen MR) is 102 cm³/mol. The van der Waals surface area contributed by atoms with Crippen LogP contribution in [-0.2, 0) is 14.3 Å². The first-order valence-corrected chi connectivity index (χ1v) is 9.39. The van der Waals surface area contributed by atoms with Crippen LogP contribution in [0.3, 0.4) is 0 Å². The number of carbonyl (C=O) groups is 3. The second-order valence-corrected chi connectivity index (χ2v) is 6.88. The highest BCUT2D eigenvalue weighted by Crippen LogP contribution is 2.24. The van der Waals surface area contributed by atoms with E-state index in [0.717, 1.165) is 19.3 Å². The van der Waals surface area contributed by atoms with Crippen molar-refractivity contribution in [3.8, 4) is 11.5 Å². The molecular weight excluding hydrogens is 364 g/mol. The van der Waals surface area contributed by atoms with Gasteiger partial charge in [0.15, 0.2) is 6.61 Å². The van der Waals surface area contributed by atoms with Gasteiger partial charge < -0.3 is 24.8 Å². The van der Waals surface area contributed by atoms with Gasteiger partial charge in [0, 0.05) is 17.7 Å². The van der Waals surface area contributed by atoms with E-state index in [1.165, 1.54) is 32.8 Å². The summed E-state index contributed by atoms with van der Waals surface area (Å²) in [5.41, 5.74) is 0.285. The average molecular weight is 392 g/mol. The average Bonchev–Trinajstić information content (AvgIpc) is 2.71. The lowest BCUT2D eigenvalue weighted by atomic mass is 9.86. The highest BCUT2D eigenvalue weighted by molar-refractivity contribution is 5.96. The molecule has 2 amide bonds. The fraction of sp³-hybridized carbons (Fsp3) is 0.550.